The first-order valence-electron chi connectivity index (χ1n) is 44.1. The highest BCUT2D eigenvalue weighted by Gasteiger charge is 2.80. The van der Waals surface area contributed by atoms with Gasteiger partial charge in [-0.3, -0.25) is 0 Å². The standard InChI is InChI=1S/C18H26F6O2.C17H26F6O.C13H20F6O2.C13H18F6O.C12H18F6O3.C12H20F6O2/c1-10-11(2)14-8-12(10)7-13(14)9-16(17(19,20)21,18(22,23)24)26-15-5-3-4-6-25-15;1-9-10(2)13-7-11(9)6-12(13)8-15(16(18,19)20,17(21,22)23)24-14(3,4)5;1-3-9(2)8-11(12(14,15)16,13(17,18)19)21-10-6-4-5-7-20-10;1-6-7(2)10-4-8(6)3-9(10)5-11(20,12(14,15)16)13(17,18)19;1-5-6-7-10(11(13,14)15,12(16,17)18)21-8(19)20-9(2,3)4;1-5-8(3)7-10(11(13,14)15,12(16,17)18)20-9(4)19-6-2/h10-15H,3-9H2,1-2H3;9-13H,6-8H2,1-5H3;9-10H,3-8H2,1-2H3;6-10,20H,3-5H2,1-2H3;5-7H2,1-4H3;8-9H,5-7H2,1-4H3. The average molecular weight is 2010 g/mol. The summed E-state index contributed by atoms with van der Waals surface area (Å²) in [5, 5.41) is 9.28. The summed E-state index contributed by atoms with van der Waals surface area (Å²) in [5.41, 5.74) is -28.6. The van der Waals surface area contributed by atoms with Gasteiger partial charge in [0.25, 0.3) is 28.0 Å². The van der Waals surface area contributed by atoms with E-state index in [1.807, 2.05) is 41.5 Å². The molecule has 1 N–H and O–H groups in total. The van der Waals surface area contributed by atoms with Crippen LogP contribution in [0.4, 0.5) is 163 Å². The Morgan fingerprint density at radius 1 is 0.364 bits per heavy atom. The van der Waals surface area contributed by atoms with Crippen LogP contribution in [0.5, 0.6) is 0 Å². The molecule has 8 rings (SSSR count). The van der Waals surface area contributed by atoms with Crippen molar-refractivity contribution in [2.75, 3.05) is 19.8 Å². The van der Waals surface area contributed by atoms with Crippen molar-refractivity contribution >= 4 is 6.16 Å². The first-order chi connectivity index (χ1) is 59.0. The van der Waals surface area contributed by atoms with E-state index in [2.05, 4.69) is 23.7 Å². The molecule has 2 saturated heterocycles. The first-order valence-corrected chi connectivity index (χ1v) is 44.1. The van der Waals surface area contributed by atoms with Gasteiger partial charge >= 0.3 is 85.9 Å². The summed E-state index contributed by atoms with van der Waals surface area (Å²) in [6.45, 7) is 29.2. The Morgan fingerprint density at radius 3 is 0.917 bits per heavy atom. The molecule has 6 saturated carbocycles. The van der Waals surface area contributed by atoms with Gasteiger partial charge in [0.05, 0.1) is 5.60 Å². The van der Waals surface area contributed by atoms with Gasteiger partial charge in [0.1, 0.15) is 5.60 Å². The van der Waals surface area contributed by atoms with Crippen LogP contribution in [-0.2, 0) is 42.6 Å². The van der Waals surface area contributed by atoms with Crippen molar-refractivity contribution in [3.05, 3.63) is 0 Å². The fraction of sp³-hybridized carbons (Fsp3) is 0.988. The van der Waals surface area contributed by atoms with Crippen LogP contribution in [0.1, 0.15) is 273 Å². The van der Waals surface area contributed by atoms with Crippen molar-refractivity contribution < 1.29 is 211 Å². The van der Waals surface area contributed by atoms with E-state index < -0.39 is 218 Å². The Morgan fingerprint density at radius 2 is 0.667 bits per heavy atom. The number of halogens is 36. The second kappa shape index (κ2) is 44.7. The van der Waals surface area contributed by atoms with Gasteiger partial charge in [0.15, 0.2) is 18.9 Å². The summed E-state index contributed by atoms with van der Waals surface area (Å²) in [6.07, 6.45) is -75.3. The molecule has 8 aliphatic rings. The zero-order valence-corrected chi connectivity index (χ0v) is 76.9. The summed E-state index contributed by atoms with van der Waals surface area (Å²) < 4.78 is 517. The largest absolute Gasteiger partial charge is 0.510 e. The van der Waals surface area contributed by atoms with Crippen LogP contribution in [0.2, 0.25) is 0 Å². The van der Waals surface area contributed by atoms with E-state index in [1.165, 1.54) is 76.2 Å². The normalized spacial score (nSPS) is 28.3. The molecule has 2 heterocycles. The van der Waals surface area contributed by atoms with Crippen LogP contribution < -0.4 is 0 Å². The zero-order valence-electron chi connectivity index (χ0n) is 76.9. The minimum atomic E-state index is -5.79. The summed E-state index contributed by atoms with van der Waals surface area (Å²) >= 11 is 0. The van der Waals surface area contributed by atoms with E-state index in [-0.39, 0.29) is 105 Å². The van der Waals surface area contributed by atoms with Crippen LogP contribution in [-0.4, -0.2) is 169 Å². The Hall–Kier alpha value is -3.57. The summed E-state index contributed by atoms with van der Waals surface area (Å²) in [5.74, 6) is -1.77. The van der Waals surface area contributed by atoms with Crippen molar-refractivity contribution in [2.45, 2.75) is 411 Å². The van der Waals surface area contributed by atoms with Crippen LogP contribution in [0.25, 0.3) is 0 Å². The van der Waals surface area contributed by atoms with E-state index in [9.17, 15) is 168 Å². The molecule has 0 aromatic carbocycles. The maximum absolute atomic E-state index is 13.8. The Balaban J connectivity index is 0.000000409. The number of ether oxygens (including phenoxy) is 9. The van der Waals surface area contributed by atoms with Gasteiger partial charge in [-0.05, 0) is 272 Å². The molecule has 6 bridgehead atoms. The van der Waals surface area contributed by atoms with Gasteiger partial charge in [-0.2, -0.15) is 158 Å². The molecule has 786 valence electrons. The lowest BCUT2D eigenvalue weighted by molar-refractivity contribution is -0.416. The van der Waals surface area contributed by atoms with Crippen LogP contribution in [0.15, 0.2) is 0 Å². The van der Waals surface area contributed by atoms with Crippen molar-refractivity contribution in [1.29, 1.82) is 0 Å². The summed E-state index contributed by atoms with van der Waals surface area (Å²) in [7, 11) is 0. The molecule has 47 heteroatoms. The number of hydrogen-bond donors (Lipinski definition) is 1. The van der Waals surface area contributed by atoms with Gasteiger partial charge in [0, 0.05) is 26.2 Å². The second-order valence-electron chi connectivity index (χ2n) is 39.0. The van der Waals surface area contributed by atoms with E-state index >= 15 is 0 Å². The minimum Gasteiger partial charge on any atom is -0.429 e. The quantitative estimate of drug-likeness (QED) is 0.0534. The van der Waals surface area contributed by atoms with Crippen molar-refractivity contribution in [3.63, 3.8) is 0 Å². The SMILES string of the molecule is CC1C2CC(CC(O)(C(F)(F)F)C(F)(F)F)C(C2)C1C.CC1C2CC(CC(OC(C)(C)C)(C(F)(F)F)C(F)(F)F)C(C2)C1C.CC1C2CC(CC(OC3CCCCO3)(C(F)(F)F)C(F)(F)F)C(C2)C1C.CCC(C)CC(OC1CCCCO1)(C(F)(F)F)C(F)(F)F.CCCCC(OC(=O)OC(C)(C)C)(C(F)(F)F)C(F)(F)F.CCOC(C)OC(CC(C)CC)(C(F)(F)F)C(F)(F)F. The molecule has 20 unspecified atom stereocenters. The Kier molecular flexibility index (Phi) is 41.5. The number of unbranched alkanes of at least 4 members (excludes halogenated alkanes) is 1. The third-order valence-electron chi connectivity index (χ3n) is 27.7. The highest BCUT2D eigenvalue weighted by molar-refractivity contribution is 5.61. The molecule has 0 aromatic heterocycles. The third kappa shape index (κ3) is 29.3. The van der Waals surface area contributed by atoms with E-state index in [0.29, 0.717) is 69.1 Å². The highest BCUT2D eigenvalue weighted by atomic mass is 19.5. The average Bonchev–Trinajstić information content (AvgIpc) is 1.44. The van der Waals surface area contributed by atoms with Crippen molar-refractivity contribution in [2.24, 2.45) is 101 Å². The first kappa shape index (κ1) is 123. The number of aliphatic hydroxyl groups is 1. The van der Waals surface area contributed by atoms with Crippen molar-refractivity contribution in [3.8, 4) is 0 Å². The van der Waals surface area contributed by atoms with Gasteiger partial charge in [-0.25, -0.2) is 4.79 Å². The zero-order chi connectivity index (χ0) is 103. The molecule has 132 heavy (non-hydrogen) atoms. The molecule has 0 aromatic rings. The molecule has 11 nitrogen and oxygen atoms in total. The minimum absolute atomic E-state index is 0.0361. The lowest BCUT2D eigenvalue weighted by Gasteiger charge is -2.44. The topological polar surface area (TPSA) is 120 Å². The predicted octanol–water partition coefficient (Wildman–Crippen LogP) is 30.4. The number of rotatable bonds is 25. The highest BCUT2D eigenvalue weighted by Crippen LogP contribution is 2.65. The fourth-order valence-corrected chi connectivity index (χ4v) is 19.6. The Labute approximate surface area is 745 Å². The molecule has 2 aliphatic heterocycles. The summed E-state index contributed by atoms with van der Waals surface area (Å²) in [4.78, 5) is 11.3. The number of hydrogen-bond acceptors (Lipinski definition) is 11. The lowest BCUT2D eigenvalue weighted by atomic mass is 9.71. The number of carbonyl (C=O) groups excluding carboxylic acids is 1. The molecule has 8 fully saturated rings. The summed E-state index contributed by atoms with van der Waals surface area (Å²) in [6, 6.07) is 0. The van der Waals surface area contributed by atoms with Crippen molar-refractivity contribution in [1.82, 2.24) is 0 Å². The third-order valence-corrected chi connectivity index (χ3v) is 27.7. The van der Waals surface area contributed by atoms with Gasteiger partial charge in [-0.1, -0.05) is 95.4 Å². The van der Waals surface area contributed by atoms with E-state index in [0.717, 1.165) is 19.8 Å². The van der Waals surface area contributed by atoms with E-state index in [1.54, 1.807) is 6.92 Å². The van der Waals surface area contributed by atoms with Gasteiger partial charge in [0.2, 0.25) is 0 Å². The maximum Gasteiger partial charge on any atom is 0.510 e. The Bertz CT molecular complexity index is 3330. The molecule has 0 amide bonds. The fourth-order valence-electron chi connectivity index (χ4n) is 19.6. The van der Waals surface area contributed by atoms with Gasteiger partial charge in [-0.15, -0.1) is 0 Å². The van der Waals surface area contributed by atoms with Crippen LogP contribution in [0, 0.1) is 101 Å². The number of fused-ring (bicyclic) bond motifs is 6. The molecule has 0 spiro atoms. The molecular weight excluding hydrogens is 1880 g/mol. The van der Waals surface area contributed by atoms with Gasteiger partial charge < -0.3 is 47.7 Å². The number of alkyl halides is 36. The maximum atomic E-state index is 13.8. The monoisotopic (exact) mass is 2010 g/mol. The molecule has 0 radical (unpaired) electrons. The predicted molar refractivity (Wildman–Crippen MR) is 407 cm³/mol. The molecule has 20 atom stereocenters. The smallest absolute Gasteiger partial charge is 0.429 e. The molecular formula is C85H128F36O11. The molecule has 6 aliphatic carbocycles. The lowest BCUT2D eigenvalue weighted by Crippen LogP contribution is -2.62. The van der Waals surface area contributed by atoms with E-state index in [4.69, 9.17) is 18.9 Å². The number of carbonyl (C=O) groups is 1. The van der Waals surface area contributed by atoms with Crippen LogP contribution >= 0.6 is 0 Å². The van der Waals surface area contributed by atoms with Crippen LogP contribution in [0.3, 0.4) is 0 Å². The second-order valence-corrected chi connectivity index (χ2v) is 39.0.